The number of hydrogen-bond donors (Lipinski definition) is 0. The Balaban J connectivity index is 0. The minimum atomic E-state index is 0. The SMILES string of the molecule is CCCCCCCCCCCCCCCCOCC(COCCCC[N+](C)(C)C)OC.[Br-]. The average Bonchev–Trinajstić information content (AvgIpc) is 2.73. The van der Waals surface area contributed by atoms with Crippen molar-refractivity contribution >= 4 is 0 Å². The molecule has 0 fully saturated rings. The van der Waals surface area contributed by atoms with Gasteiger partial charge in [0.25, 0.3) is 0 Å². The van der Waals surface area contributed by atoms with Gasteiger partial charge in [0.05, 0.1) is 40.9 Å². The summed E-state index contributed by atoms with van der Waals surface area (Å²) in [5.74, 6) is 0. The molecule has 0 aromatic carbocycles. The van der Waals surface area contributed by atoms with Crippen molar-refractivity contribution in [1.82, 2.24) is 0 Å². The standard InChI is InChI=1S/C27H58NO3.BrH/c1-6-7-8-9-10-11-12-13-14-15-16-17-18-20-23-30-25-27(29-5)26-31-24-21-19-22-28(2,3)4;/h27H,6-26H2,1-5H3;1H/q+1;/p-1. The third-order valence-corrected chi connectivity index (χ3v) is 5.95. The van der Waals surface area contributed by atoms with Crippen LogP contribution in [0, 0.1) is 0 Å². The average molecular weight is 525 g/mol. The fourth-order valence-electron chi connectivity index (χ4n) is 3.80. The lowest BCUT2D eigenvalue weighted by Gasteiger charge is -2.23. The van der Waals surface area contributed by atoms with Crippen LogP contribution in [0.4, 0.5) is 0 Å². The highest BCUT2D eigenvalue weighted by molar-refractivity contribution is 4.55. The van der Waals surface area contributed by atoms with Crippen LogP contribution in [-0.2, 0) is 14.2 Å². The van der Waals surface area contributed by atoms with Crippen LogP contribution in [0.2, 0.25) is 0 Å². The fourth-order valence-corrected chi connectivity index (χ4v) is 3.80. The first kappa shape index (κ1) is 34.5. The van der Waals surface area contributed by atoms with Crippen LogP contribution in [0.1, 0.15) is 110 Å². The molecule has 0 bridgehead atoms. The van der Waals surface area contributed by atoms with Gasteiger partial charge >= 0.3 is 0 Å². The third kappa shape index (κ3) is 28.4. The van der Waals surface area contributed by atoms with Crippen molar-refractivity contribution in [2.24, 2.45) is 0 Å². The molecule has 1 unspecified atom stereocenters. The topological polar surface area (TPSA) is 27.7 Å². The first-order valence-corrected chi connectivity index (χ1v) is 13.5. The molecule has 196 valence electrons. The second-order valence-electron chi connectivity index (χ2n) is 10.3. The van der Waals surface area contributed by atoms with Crippen LogP contribution in [0.5, 0.6) is 0 Å². The summed E-state index contributed by atoms with van der Waals surface area (Å²) in [6, 6.07) is 0. The predicted molar refractivity (Wildman–Crippen MR) is 135 cm³/mol. The predicted octanol–water partition coefficient (Wildman–Crippen LogP) is 4.01. The Morgan fingerprint density at radius 1 is 0.562 bits per heavy atom. The highest BCUT2D eigenvalue weighted by atomic mass is 79.9. The molecule has 0 aliphatic carbocycles. The van der Waals surface area contributed by atoms with Crippen LogP contribution < -0.4 is 17.0 Å². The number of unbranched alkanes of at least 4 members (excludes halogenated alkanes) is 14. The lowest BCUT2D eigenvalue weighted by molar-refractivity contribution is -0.870. The number of quaternary nitrogens is 1. The highest BCUT2D eigenvalue weighted by Crippen LogP contribution is 2.13. The van der Waals surface area contributed by atoms with Gasteiger partial charge in [-0.1, -0.05) is 90.4 Å². The van der Waals surface area contributed by atoms with Crippen LogP contribution >= 0.6 is 0 Å². The molecule has 0 aromatic rings. The summed E-state index contributed by atoms with van der Waals surface area (Å²) in [6.07, 6.45) is 21.9. The molecule has 0 aliphatic rings. The Kier molecular flexibility index (Phi) is 27.9. The van der Waals surface area contributed by atoms with Crippen molar-refractivity contribution < 1.29 is 35.7 Å². The zero-order chi connectivity index (χ0) is 23.0. The number of nitrogens with zero attached hydrogens (tertiary/aromatic N) is 1. The Labute approximate surface area is 212 Å². The van der Waals surface area contributed by atoms with Gasteiger partial charge in [-0.15, -0.1) is 0 Å². The van der Waals surface area contributed by atoms with E-state index < -0.39 is 0 Å². The maximum atomic E-state index is 5.81. The molecule has 0 saturated heterocycles. The number of rotatable bonds is 25. The van der Waals surface area contributed by atoms with Gasteiger partial charge in [-0.05, 0) is 19.3 Å². The molecule has 0 heterocycles. The van der Waals surface area contributed by atoms with Crippen LogP contribution in [0.25, 0.3) is 0 Å². The monoisotopic (exact) mass is 523 g/mol. The molecule has 0 saturated carbocycles. The van der Waals surface area contributed by atoms with Gasteiger partial charge in [-0.3, -0.25) is 0 Å². The van der Waals surface area contributed by atoms with Gasteiger partial charge in [0.2, 0.25) is 0 Å². The van der Waals surface area contributed by atoms with E-state index in [-0.39, 0.29) is 23.1 Å². The van der Waals surface area contributed by atoms with Gasteiger partial charge in [0, 0.05) is 20.3 Å². The molecule has 0 rings (SSSR count). The molecular weight excluding hydrogens is 466 g/mol. The van der Waals surface area contributed by atoms with Crippen molar-refractivity contribution in [1.29, 1.82) is 0 Å². The van der Waals surface area contributed by atoms with E-state index >= 15 is 0 Å². The van der Waals surface area contributed by atoms with Crippen LogP contribution in [0.3, 0.4) is 0 Å². The Bertz CT molecular complexity index is 350. The molecular formula is C27H58BrNO3. The smallest absolute Gasteiger partial charge is 0.104 e. The largest absolute Gasteiger partial charge is 1.00 e. The van der Waals surface area contributed by atoms with Crippen LogP contribution in [0.15, 0.2) is 0 Å². The zero-order valence-corrected chi connectivity index (χ0v) is 24.1. The summed E-state index contributed by atoms with van der Waals surface area (Å²) in [5, 5.41) is 0. The van der Waals surface area contributed by atoms with Crippen molar-refractivity contribution in [3.8, 4) is 0 Å². The maximum absolute atomic E-state index is 5.81. The van der Waals surface area contributed by atoms with Crippen molar-refractivity contribution in [2.45, 2.75) is 116 Å². The molecule has 0 spiro atoms. The normalized spacial score (nSPS) is 12.7. The summed E-state index contributed by atoms with van der Waals surface area (Å²) in [4.78, 5) is 0. The maximum Gasteiger partial charge on any atom is 0.104 e. The van der Waals surface area contributed by atoms with Gasteiger partial charge in [0.15, 0.2) is 0 Å². The molecule has 4 nitrogen and oxygen atoms in total. The Morgan fingerprint density at radius 3 is 1.31 bits per heavy atom. The van der Waals surface area contributed by atoms with E-state index in [1.807, 2.05) is 0 Å². The number of halogens is 1. The van der Waals surface area contributed by atoms with Crippen molar-refractivity contribution in [2.75, 3.05) is 61.2 Å². The fraction of sp³-hybridized carbons (Fsp3) is 1.00. The second kappa shape index (κ2) is 25.9. The van der Waals surface area contributed by atoms with Gasteiger partial charge in [0.1, 0.15) is 6.10 Å². The van der Waals surface area contributed by atoms with E-state index in [9.17, 15) is 0 Å². The Hall–Kier alpha value is 0.320. The van der Waals surface area contributed by atoms with E-state index in [0.717, 1.165) is 24.1 Å². The summed E-state index contributed by atoms with van der Waals surface area (Å²) in [7, 11) is 8.45. The van der Waals surface area contributed by atoms with Gasteiger partial charge < -0.3 is 35.7 Å². The van der Waals surface area contributed by atoms with E-state index in [4.69, 9.17) is 14.2 Å². The lowest BCUT2D eigenvalue weighted by Crippen LogP contribution is -3.00. The zero-order valence-electron chi connectivity index (χ0n) is 22.5. The highest BCUT2D eigenvalue weighted by Gasteiger charge is 2.09. The first-order chi connectivity index (χ1) is 15.0. The van der Waals surface area contributed by atoms with Crippen LogP contribution in [-0.4, -0.2) is 71.8 Å². The van der Waals surface area contributed by atoms with Gasteiger partial charge in [-0.2, -0.15) is 0 Å². The number of ether oxygens (including phenoxy) is 3. The first-order valence-electron chi connectivity index (χ1n) is 13.5. The molecule has 0 aromatic heterocycles. The lowest BCUT2D eigenvalue weighted by atomic mass is 10.0. The quantitative estimate of drug-likeness (QED) is 0.134. The molecule has 0 radical (unpaired) electrons. The number of methoxy groups -OCH3 is 1. The summed E-state index contributed by atoms with van der Waals surface area (Å²) in [5.41, 5.74) is 0. The van der Waals surface area contributed by atoms with Crippen molar-refractivity contribution in [3.63, 3.8) is 0 Å². The second-order valence-corrected chi connectivity index (χ2v) is 10.3. The van der Waals surface area contributed by atoms with E-state index in [1.54, 1.807) is 7.11 Å². The van der Waals surface area contributed by atoms with E-state index in [0.29, 0.717) is 13.2 Å². The molecule has 1 atom stereocenters. The molecule has 32 heavy (non-hydrogen) atoms. The molecule has 0 N–H and O–H groups in total. The number of hydrogen-bond acceptors (Lipinski definition) is 3. The van der Waals surface area contributed by atoms with Gasteiger partial charge in [-0.25, -0.2) is 0 Å². The third-order valence-electron chi connectivity index (χ3n) is 5.95. The molecule has 0 aliphatic heterocycles. The van der Waals surface area contributed by atoms with E-state index in [1.165, 1.54) is 103 Å². The Morgan fingerprint density at radius 2 is 0.938 bits per heavy atom. The molecule has 5 heteroatoms. The summed E-state index contributed by atoms with van der Waals surface area (Å²) >= 11 is 0. The summed E-state index contributed by atoms with van der Waals surface area (Å²) in [6.45, 7) is 6.43. The minimum absolute atomic E-state index is 0. The summed E-state index contributed by atoms with van der Waals surface area (Å²) < 4.78 is 18.1. The molecule has 0 amide bonds. The van der Waals surface area contributed by atoms with E-state index in [2.05, 4.69) is 28.1 Å². The minimum Gasteiger partial charge on any atom is -1.00 e. The van der Waals surface area contributed by atoms with Crippen molar-refractivity contribution in [3.05, 3.63) is 0 Å².